The van der Waals surface area contributed by atoms with Crippen LogP contribution in [0.25, 0.3) is 32.6 Å². The van der Waals surface area contributed by atoms with Gasteiger partial charge in [-0.1, -0.05) is 29.8 Å². The predicted molar refractivity (Wildman–Crippen MR) is 124 cm³/mol. The van der Waals surface area contributed by atoms with E-state index < -0.39 is 0 Å². The van der Waals surface area contributed by atoms with Crippen molar-refractivity contribution >= 4 is 55.7 Å². The Morgan fingerprint density at radius 2 is 1.77 bits per heavy atom. The fraction of sp³-hybridized carbons (Fsp3) is 0.0833. The van der Waals surface area contributed by atoms with Crippen molar-refractivity contribution in [2.45, 2.75) is 13.8 Å². The van der Waals surface area contributed by atoms with Gasteiger partial charge in [0.1, 0.15) is 10.4 Å². The fourth-order valence-electron chi connectivity index (χ4n) is 3.35. The van der Waals surface area contributed by atoms with E-state index in [1.807, 2.05) is 60.7 Å². The van der Waals surface area contributed by atoms with Crippen molar-refractivity contribution in [1.82, 2.24) is 4.98 Å². The van der Waals surface area contributed by atoms with Gasteiger partial charge in [-0.25, -0.2) is 4.98 Å². The zero-order chi connectivity index (χ0) is 20.8. The molecule has 0 bridgehead atoms. The number of thiophene rings is 1. The van der Waals surface area contributed by atoms with Gasteiger partial charge in [0.25, 0.3) is 5.91 Å². The molecule has 148 valence electrons. The molecule has 0 aliphatic heterocycles. The molecular weight excluding hydrogens is 416 g/mol. The summed E-state index contributed by atoms with van der Waals surface area (Å²) in [4.78, 5) is 17.8. The third-order valence-corrected chi connectivity index (χ3v) is 6.81. The van der Waals surface area contributed by atoms with E-state index in [2.05, 4.69) is 24.1 Å². The predicted octanol–water partition coefficient (Wildman–Crippen LogP) is 7.23. The number of amides is 1. The number of carbonyl (C=O) groups is 1. The number of nitrogens with one attached hydrogen (secondary N) is 1. The van der Waals surface area contributed by atoms with Gasteiger partial charge in [-0.15, -0.1) is 11.3 Å². The number of oxazole rings is 1. The SMILES string of the molecule is Cc1cc2nc(-c3ccc(NC(=O)c4sc5ccccc5c4Cl)cc3)oc2cc1C. The van der Waals surface area contributed by atoms with Crippen LogP contribution < -0.4 is 5.32 Å². The van der Waals surface area contributed by atoms with Gasteiger partial charge in [0.05, 0.1) is 5.02 Å². The Morgan fingerprint density at radius 1 is 1.03 bits per heavy atom. The summed E-state index contributed by atoms with van der Waals surface area (Å²) in [6.07, 6.45) is 0. The van der Waals surface area contributed by atoms with Gasteiger partial charge in [0.2, 0.25) is 5.89 Å². The van der Waals surface area contributed by atoms with Gasteiger partial charge in [0.15, 0.2) is 5.58 Å². The second-order valence-corrected chi connectivity index (χ2v) is 8.63. The molecule has 3 aromatic carbocycles. The van der Waals surface area contributed by atoms with Crippen LogP contribution in [0, 0.1) is 13.8 Å². The van der Waals surface area contributed by atoms with Crippen molar-refractivity contribution in [3.8, 4) is 11.5 Å². The van der Waals surface area contributed by atoms with E-state index in [1.165, 1.54) is 22.5 Å². The number of aromatic nitrogens is 1. The summed E-state index contributed by atoms with van der Waals surface area (Å²) in [5.74, 6) is 0.335. The second kappa shape index (κ2) is 7.27. The highest BCUT2D eigenvalue weighted by Gasteiger charge is 2.17. The minimum absolute atomic E-state index is 0.221. The molecule has 2 heterocycles. The molecule has 2 aromatic heterocycles. The van der Waals surface area contributed by atoms with Crippen LogP contribution >= 0.6 is 22.9 Å². The number of carbonyl (C=O) groups excluding carboxylic acids is 1. The molecule has 0 saturated carbocycles. The standard InChI is InChI=1S/C24H17ClN2O2S/c1-13-11-18-19(12-14(13)2)29-24(27-18)15-7-9-16(10-8-15)26-23(28)22-21(25)17-5-3-4-6-20(17)30-22/h3-12H,1-2H3,(H,26,28). The van der Waals surface area contributed by atoms with Gasteiger partial charge >= 0.3 is 0 Å². The van der Waals surface area contributed by atoms with E-state index in [9.17, 15) is 4.79 Å². The molecule has 1 amide bonds. The molecule has 6 heteroatoms. The first-order valence-electron chi connectivity index (χ1n) is 9.46. The molecule has 0 spiro atoms. The lowest BCUT2D eigenvalue weighted by Gasteiger charge is -2.04. The molecule has 0 aliphatic carbocycles. The number of halogens is 1. The molecule has 0 unspecified atom stereocenters. The van der Waals surface area contributed by atoms with E-state index in [0.717, 1.165) is 26.7 Å². The Bertz CT molecular complexity index is 1380. The van der Waals surface area contributed by atoms with Crippen LogP contribution in [0.1, 0.15) is 20.8 Å². The number of anilines is 1. The maximum Gasteiger partial charge on any atom is 0.267 e. The highest BCUT2D eigenvalue weighted by molar-refractivity contribution is 7.21. The topological polar surface area (TPSA) is 55.1 Å². The number of hydrogen-bond acceptors (Lipinski definition) is 4. The molecule has 0 radical (unpaired) electrons. The lowest BCUT2D eigenvalue weighted by atomic mass is 10.1. The Labute approximate surface area is 182 Å². The van der Waals surface area contributed by atoms with E-state index in [4.69, 9.17) is 16.0 Å². The Balaban J connectivity index is 1.39. The molecular formula is C24H17ClN2O2S. The average Bonchev–Trinajstić information content (AvgIpc) is 3.30. The van der Waals surface area contributed by atoms with Crippen LogP contribution in [0.4, 0.5) is 5.69 Å². The molecule has 4 nitrogen and oxygen atoms in total. The highest BCUT2D eigenvalue weighted by atomic mass is 35.5. The molecule has 5 rings (SSSR count). The van der Waals surface area contributed by atoms with Gasteiger partial charge in [-0.3, -0.25) is 4.79 Å². The van der Waals surface area contributed by atoms with Gasteiger partial charge in [-0.05, 0) is 67.4 Å². The first-order valence-corrected chi connectivity index (χ1v) is 10.7. The second-order valence-electron chi connectivity index (χ2n) is 7.20. The van der Waals surface area contributed by atoms with Crippen LogP contribution in [0.3, 0.4) is 0 Å². The molecule has 0 aliphatic rings. The fourth-order valence-corrected chi connectivity index (χ4v) is 4.76. The molecule has 0 fully saturated rings. The van der Waals surface area contributed by atoms with Crippen LogP contribution in [-0.4, -0.2) is 10.9 Å². The minimum Gasteiger partial charge on any atom is -0.436 e. The summed E-state index contributed by atoms with van der Waals surface area (Å²) in [7, 11) is 0. The summed E-state index contributed by atoms with van der Waals surface area (Å²) < 4.78 is 6.91. The summed E-state index contributed by atoms with van der Waals surface area (Å²) in [6, 6.07) is 19.2. The number of hydrogen-bond donors (Lipinski definition) is 1. The maximum atomic E-state index is 12.7. The van der Waals surface area contributed by atoms with Gasteiger partial charge in [0, 0.05) is 21.3 Å². The van der Waals surface area contributed by atoms with Gasteiger partial charge in [-0.2, -0.15) is 0 Å². The van der Waals surface area contributed by atoms with Crippen LogP contribution in [-0.2, 0) is 0 Å². The Morgan fingerprint density at radius 3 is 2.53 bits per heavy atom. The number of nitrogens with zero attached hydrogens (tertiary/aromatic N) is 1. The zero-order valence-electron chi connectivity index (χ0n) is 16.3. The molecule has 5 aromatic rings. The van der Waals surface area contributed by atoms with Crippen LogP contribution in [0.5, 0.6) is 0 Å². The van der Waals surface area contributed by atoms with Gasteiger partial charge < -0.3 is 9.73 Å². The van der Waals surface area contributed by atoms with Crippen molar-refractivity contribution in [2.75, 3.05) is 5.32 Å². The first kappa shape index (κ1) is 18.9. The number of rotatable bonds is 3. The van der Waals surface area contributed by atoms with E-state index in [-0.39, 0.29) is 5.91 Å². The summed E-state index contributed by atoms with van der Waals surface area (Å²) in [5, 5.41) is 4.30. The van der Waals surface area contributed by atoms with E-state index >= 15 is 0 Å². The van der Waals surface area contributed by atoms with E-state index in [1.54, 1.807) is 0 Å². The normalized spacial score (nSPS) is 11.3. The average molecular weight is 433 g/mol. The molecule has 0 atom stereocenters. The number of benzene rings is 3. The van der Waals surface area contributed by atoms with Crippen molar-refractivity contribution in [3.63, 3.8) is 0 Å². The monoisotopic (exact) mass is 432 g/mol. The van der Waals surface area contributed by atoms with Crippen molar-refractivity contribution in [2.24, 2.45) is 0 Å². The van der Waals surface area contributed by atoms with Crippen LogP contribution in [0.2, 0.25) is 5.02 Å². The number of fused-ring (bicyclic) bond motifs is 2. The van der Waals surface area contributed by atoms with Crippen molar-refractivity contribution < 1.29 is 9.21 Å². The smallest absolute Gasteiger partial charge is 0.267 e. The lowest BCUT2D eigenvalue weighted by molar-refractivity contribution is 0.103. The first-order chi connectivity index (χ1) is 14.5. The van der Waals surface area contributed by atoms with Crippen molar-refractivity contribution in [1.29, 1.82) is 0 Å². The molecule has 30 heavy (non-hydrogen) atoms. The zero-order valence-corrected chi connectivity index (χ0v) is 17.9. The van der Waals surface area contributed by atoms with Crippen LogP contribution in [0.15, 0.2) is 65.1 Å². The highest BCUT2D eigenvalue weighted by Crippen LogP contribution is 2.35. The third kappa shape index (κ3) is 3.26. The Hall–Kier alpha value is -3.15. The Kier molecular flexibility index (Phi) is 4.57. The summed E-state index contributed by atoms with van der Waals surface area (Å²) in [5.41, 5.74) is 5.48. The minimum atomic E-state index is -0.221. The summed E-state index contributed by atoms with van der Waals surface area (Å²) >= 11 is 7.80. The largest absolute Gasteiger partial charge is 0.436 e. The number of aryl methyl sites for hydroxylation is 2. The maximum absolute atomic E-state index is 12.7. The third-order valence-electron chi connectivity index (χ3n) is 5.13. The lowest BCUT2D eigenvalue weighted by Crippen LogP contribution is -2.10. The molecule has 1 N–H and O–H groups in total. The quantitative estimate of drug-likeness (QED) is 0.327. The summed E-state index contributed by atoms with van der Waals surface area (Å²) in [6.45, 7) is 4.11. The van der Waals surface area contributed by atoms with Crippen molar-refractivity contribution in [3.05, 3.63) is 81.7 Å². The molecule has 0 saturated heterocycles. The van der Waals surface area contributed by atoms with E-state index in [0.29, 0.717) is 21.5 Å².